The number of likely N-dealkylation sites (N-methyl/N-ethyl adjacent to an activating group) is 1. The van der Waals surface area contributed by atoms with Crippen LogP contribution in [0.3, 0.4) is 0 Å². The number of nitriles is 1. The van der Waals surface area contributed by atoms with Crippen LogP contribution < -0.4 is 0 Å². The summed E-state index contributed by atoms with van der Waals surface area (Å²) < 4.78 is 5.28. The Labute approximate surface area is 128 Å². The second-order valence-electron chi connectivity index (χ2n) is 4.97. The minimum atomic E-state index is 0.222. The summed E-state index contributed by atoms with van der Waals surface area (Å²) in [4.78, 5) is 6.19. The first-order valence-corrected chi connectivity index (χ1v) is 6.82. The molecule has 1 aliphatic rings. The Morgan fingerprint density at radius 1 is 1.23 bits per heavy atom. The first kappa shape index (κ1) is 13.8. The van der Waals surface area contributed by atoms with E-state index in [1.807, 2.05) is 67.6 Å². The molecule has 22 heavy (non-hydrogen) atoms. The van der Waals surface area contributed by atoms with Crippen LogP contribution in [0, 0.1) is 18.3 Å². The summed E-state index contributed by atoms with van der Waals surface area (Å²) in [6.07, 6.45) is 7.46. The lowest BCUT2D eigenvalue weighted by atomic mass is 10.1. The summed E-state index contributed by atoms with van der Waals surface area (Å²) in [7, 11) is 1.87. The third-order valence-corrected chi connectivity index (χ3v) is 3.37. The number of aryl methyl sites for hydroxylation is 1. The van der Waals surface area contributed by atoms with Crippen LogP contribution in [0.2, 0.25) is 0 Å². The van der Waals surface area contributed by atoms with E-state index in [1.54, 1.807) is 0 Å². The average molecular weight is 290 g/mol. The van der Waals surface area contributed by atoms with Gasteiger partial charge in [0, 0.05) is 18.8 Å². The van der Waals surface area contributed by atoms with E-state index in [-0.39, 0.29) is 5.89 Å². The molecular formula is C17H14N4O. The van der Waals surface area contributed by atoms with Crippen molar-refractivity contribution >= 4 is 5.57 Å². The normalized spacial score (nSPS) is 15.8. The summed E-state index contributed by atoms with van der Waals surface area (Å²) in [5.74, 6) is 0.696. The van der Waals surface area contributed by atoms with Gasteiger partial charge in [0.15, 0.2) is 0 Å². The maximum absolute atomic E-state index is 9.45. The highest BCUT2D eigenvalue weighted by Gasteiger charge is 2.18. The van der Waals surface area contributed by atoms with Crippen molar-refractivity contribution in [3.8, 4) is 17.5 Å². The number of aromatic nitrogens is 2. The third-order valence-electron chi connectivity index (χ3n) is 3.37. The molecule has 1 aliphatic heterocycles. The van der Waals surface area contributed by atoms with Crippen LogP contribution in [0.25, 0.3) is 17.0 Å². The molecule has 0 amide bonds. The summed E-state index contributed by atoms with van der Waals surface area (Å²) in [6.45, 7) is 2.02. The lowest BCUT2D eigenvalue weighted by molar-refractivity contribution is 0.408. The fourth-order valence-electron chi connectivity index (χ4n) is 2.14. The van der Waals surface area contributed by atoms with Crippen LogP contribution in [-0.2, 0) is 0 Å². The molecule has 0 unspecified atom stereocenters. The number of allylic oxidation sites excluding steroid dienone is 4. The molecule has 0 radical (unpaired) electrons. The van der Waals surface area contributed by atoms with Gasteiger partial charge in [-0.3, -0.25) is 0 Å². The largest absolute Gasteiger partial charge is 0.350 e. The molecule has 5 nitrogen and oxygen atoms in total. The van der Waals surface area contributed by atoms with E-state index < -0.39 is 0 Å². The smallest absolute Gasteiger partial charge is 0.271 e. The van der Waals surface area contributed by atoms with Crippen molar-refractivity contribution in [1.82, 2.24) is 15.0 Å². The molecule has 0 saturated carbocycles. The summed E-state index contributed by atoms with van der Waals surface area (Å²) in [5, 5.41) is 13.4. The standard InChI is InChI=1S/C17H14N4O/c1-12-6-8-13(9-7-12)16-19-17(22-20-16)14(11-18)15-5-3-4-10-21(15)2/h3-10H,1-2H3/b15-14+. The predicted octanol–water partition coefficient (Wildman–Crippen LogP) is 3.30. The highest BCUT2D eigenvalue weighted by atomic mass is 16.5. The Bertz CT molecular complexity index is 819. The molecule has 0 atom stereocenters. The van der Waals surface area contributed by atoms with Crippen LogP contribution in [0.1, 0.15) is 11.5 Å². The van der Waals surface area contributed by atoms with Crippen molar-refractivity contribution in [3.05, 3.63) is 65.8 Å². The van der Waals surface area contributed by atoms with Gasteiger partial charge < -0.3 is 9.42 Å². The molecule has 2 aromatic rings. The molecule has 0 spiro atoms. The van der Waals surface area contributed by atoms with Gasteiger partial charge >= 0.3 is 0 Å². The average Bonchev–Trinajstić information content (AvgIpc) is 3.00. The minimum absolute atomic E-state index is 0.222. The molecule has 108 valence electrons. The molecule has 0 N–H and O–H groups in total. The summed E-state index contributed by atoms with van der Waals surface area (Å²) in [6, 6.07) is 9.97. The maximum atomic E-state index is 9.45. The zero-order valence-corrected chi connectivity index (χ0v) is 12.3. The lowest BCUT2D eigenvalue weighted by Crippen LogP contribution is -2.12. The monoisotopic (exact) mass is 290 g/mol. The van der Waals surface area contributed by atoms with Gasteiger partial charge in [-0.25, -0.2) is 0 Å². The molecule has 0 saturated heterocycles. The molecule has 0 bridgehead atoms. The van der Waals surface area contributed by atoms with Gasteiger partial charge in [-0.1, -0.05) is 41.1 Å². The fraction of sp³-hybridized carbons (Fsp3) is 0.118. The van der Waals surface area contributed by atoms with Crippen LogP contribution in [0.15, 0.2) is 58.9 Å². The molecule has 2 heterocycles. The summed E-state index contributed by atoms with van der Waals surface area (Å²) >= 11 is 0. The molecular weight excluding hydrogens is 276 g/mol. The second kappa shape index (κ2) is 5.70. The van der Waals surface area contributed by atoms with Gasteiger partial charge in [0.05, 0.1) is 5.70 Å². The van der Waals surface area contributed by atoms with Crippen molar-refractivity contribution in [3.63, 3.8) is 0 Å². The molecule has 3 rings (SSSR count). The van der Waals surface area contributed by atoms with Crippen LogP contribution in [0.4, 0.5) is 0 Å². The molecule has 5 heteroatoms. The van der Waals surface area contributed by atoms with E-state index in [0.29, 0.717) is 11.4 Å². The first-order chi connectivity index (χ1) is 10.7. The fourth-order valence-corrected chi connectivity index (χ4v) is 2.14. The van der Waals surface area contributed by atoms with Crippen molar-refractivity contribution in [2.75, 3.05) is 7.05 Å². The van der Waals surface area contributed by atoms with Crippen LogP contribution in [-0.4, -0.2) is 22.1 Å². The highest BCUT2D eigenvalue weighted by Crippen LogP contribution is 2.24. The van der Waals surface area contributed by atoms with Crippen molar-refractivity contribution < 1.29 is 4.52 Å². The van der Waals surface area contributed by atoms with Crippen molar-refractivity contribution in [2.45, 2.75) is 6.92 Å². The van der Waals surface area contributed by atoms with Crippen molar-refractivity contribution in [2.24, 2.45) is 0 Å². The van der Waals surface area contributed by atoms with Gasteiger partial charge in [0.25, 0.3) is 5.89 Å². The Balaban J connectivity index is 2.01. The zero-order valence-electron chi connectivity index (χ0n) is 12.3. The first-order valence-electron chi connectivity index (χ1n) is 6.82. The van der Waals surface area contributed by atoms with Gasteiger partial charge in [-0.05, 0) is 19.1 Å². The molecule has 1 aromatic heterocycles. The predicted molar refractivity (Wildman–Crippen MR) is 83.0 cm³/mol. The quantitative estimate of drug-likeness (QED) is 0.794. The van der Waals surface area contributed by atoms with Gasteiger partial charge in [0.1, 0.15) is 11.6 Å². The van der Waals surface area contributed by atoms with Gasteiger partial charge in [-0.2, -0.15) is 10.2 Å². The Hall–Kier alpha value is -3.13. The Kier molecular flexibility index (Phi) is 3.58. The van der Waals surface area contributed by atoms with E-state index in [1.165, 1.54) is 0 Å². The van der Waals surface area contributed by atoms with Crippen molar-refractivity contribution in [1.29, 1.82) is 5.26 Å². The number of hydrogen-bond donors (Lipinski definition) is 0. The van der Waals surface area contributed by atoms with Gasteiger partial charge in [0.2, 0.25) is 5.82 Å². The lowest BCUT2D eigenvalue weighted by Gasteiger charge is -2.18. The van der Waals surface area contributed by atoms with Gasteiger partial charge in [-0.15, -0.1) is 0 Å². The van der Waals surface area contributed by atoms with E-state index in [0.717, 1.165) is 16.8 Å². The number of nitrogens with zero attached hydrogens (tertiary/aromatic N) is 4. The van der Waals surface area contributed by atoms with Crippen LogP contribution in [0.5, 0.6) is 0 Å². The highest BCUT2D eigenvalue weighted by molar-refractivity contribution is 5.77. The maximum Gasteiger partial charge on any atom is 0.271 e. The SMILES string of the molecule is Cc1ccc(-c2noc(/C(C#N)=C3\C=CC=CN3C)n2)cc1. The van der Waals surface area contributed by atoms with E-state index in [9.17, 15) is 5.26 Å². The molecule has 1 aromatic carbocycles. The number of rotatable bonds is 2. The summed E-state index contributed by atoms with van der Waals surface area (Å²) in [5.41, 5.74) is 3.10. The second-order valence-corrected chi connectivity index (χ2v) is 4.97. The molecule has 0 fully saturated rings. The van der Waals surface area contributed by atoms with Crippen LogP contribution >= 0.6 is 0 Å². The Morgan fingerprint density at radius 2 is 2.00 bits per heavy atom. The number of hydrogen-bond acceptors (Lipinski definition) is 5. The zero-order chi connectivity index (χ0) is 15.5. The van der Waals surface area contributed by atoms with E-state index in [2.05, 4.69) is 16.2 Å². The number of benzene rings is 1. The molecule has 0 aliphatic carbocycles. The third kappa shape index (κ3) is 2.54. The van der Waals surface area contributed by atoms with E-state index in [4.69, 9.17) is 4.52 Å². The minimum Gasteiger partial charge on any atom is -0.350 e. The topological polar surface area (TPSA) is 66.0 Å². The van der Waals surface area contributed by atoms with E-state index >= 15 is 0 Å². The Morgan fingerprint density at radius 3 is 2.68 bits per heavy atom.